The van der Waals surface area contributed by atoms with Crippen molar-refractivity contribution in [2.75, 3.05) is 0 Å². The van der Waals surface area contributed by atoms with Crippen molar-refractivity contribution >= 4 is 5.97 Å². The first-order chi connectivity index (χ1) is 15.0. The van der Waals surface area contributed by atoms with E-state index in [1.54, 1.807) is 6.33 Å². The lowest BCUT2D eigenvalue weighted by molar-refractivity contribution is -0.138. The fourth-order valence-electron chi connectivity index (χ4n) is 4.07. The summed E-state index contributed by atoms with van der Waals surface area (Å²) in [6.07, 6.45) is 3.84. The molecule has 31 heavy (non-hydrogen) atoms. The molecule has 0 aliphatic rings. The average molecular weight is 412 g/mol. The number of carbonyl (C=O) groups is 1. The highest BCUT2D eigenvalue weighted by atomic mass is 16.4. The third-order valence-electron chi connectivity index (χ3n) is 5.62. The highest BCUT2D eigenvalue weighted by molar-refractivity contribution is 5.73. The molecule has 5 nitrogen and oxygen atoms in total. The second-order valence-corrected chi connectivity index (χ2v) is 7.73. The summed E-state index contributed by atoms with van der Waals surface area (Å²) >= 11 is 0. The third-order valence-corrected chi connectivity index (χ3v) is 5.62. The monoisotopic (exact) mass is 411 g/mol. The fourth-order valence-corrected chi connectivity index (χ4v) is 4.07. The predicted molar refractivity (Wildman–Crippen MR) is 121 cm³/mol. The molecule has 0 amide bonds. The van der Waals surface area contributed by atoms with Gasteiger partial charge in [0.25, 0.3) is 0 Å². The van der Waals surface area contributed by atoms with Gasteiger partial charge in [0.15, 0.2) is 0 Å². The molecule has 3 aromatic carbocycles. The molecule has 0 radical (unpaired) electrons. The van der Waals surface area contributed by atoms with Crippen molar-refractivity contribution in [2.24, 2.45) is 5.73 Å². The Hall–Kier alpha value is -3.70. The van der Waals surface area contributed by atoms with E-state index < -0.39 is 17.6 Å². The second kappa shape index (κ2) is 8.58. The van der Waals surface area contributed by atoms with E-state index in [9.17, 15) is 9.90 Å². The van der Waals surface area contributed by atoms with Crippen molar-refractivity contribution < 1.29 is 9.90 Å². The van der Waals surface area contributed by atoms with Crippen LogP contribution in [-0.2, 0) is 16.8 Å². The zero-order valence-electron chi connectivity index (χ0n) is 17.3. The van der Waals surface area contributed by atoms with Crippen LogP contribution in [-0.4, -0.2) is 26.7 Å². The molecule has 1 atom stereocenters. The summed E-state index contributed by atoms with van der Waals surface area (Å²) in [6, 6.07) is 28.0. The van der Waals surface area contributed by atoms with Crippen molar-refractivity contribution in [3.8, 4) is 0 Å². The van der Waals surface area contributed by atoms with Crippen molar-refractivity contribution in [1.29, 1.82) is 0 Å². The van der Waals surface area contributed by atoms with E-state index in [1.165, 1.54) is 5.56 Å². The van der Waals surface area contributed by atoms with Gasteiger partial charge in [0.05, 0.1) is 12.0 Å². The van der Waals surface area contributed by atoms with Crippen LogP contribution < -0.4 is 5.73 Å². The highest BCUT2D eigenvalue weighted by Crippen LogP contribution is 2.40. The van der Waals surface area contributed by atoms with Crippen molar-refractivity contribution in [1.82, 2.24) is 9.55 Å². The Labute approximate surface area is 181 Å². The number of nitrogens with two attached hydrogens (primary N) is 1. The van der Waals surface area contributed by atoms with Gasteiger partial charge in [-0.3, -0.25) is 4.79 Å². The molecular weight excluding hydrogens is 386 g/mol. The van der Waals surface area contributed by atoms with Gasteiger partial charge in [-0.1, -0.05) is 90.5 Å². The number of carboxylic acids is 1. The van der Waals surface area contributed by atoms with E-state index in [4.69, 9.17) is 5.73 Å². The van der Waals surface area contributed by atoms with E-state index in [1.807, 2.05) is 42.6 Å². The first-order valence-corrected chi connectivity index (χ1v) is 10.2. The minimum absolute atomic E-state index is 0.163. The van der Waals surface area contributed by atoms with E-state index in [0.717, 1.165) is 16.7 Å². The molecule has 0 aliphatic heterocycles. The number of nitrogens with zero attached hydrogens (tertiary/aromatic N) is 2. The van der Waals surface area contributed by atoms with Crippen molar-refractivity contribution in [3.05, 3.63) is 125 Å². The first-order valence-electron chi connectivity index (χ1n) is 10.2. The summed E-state index contributed by atoms with van der Waals surface area (Å²) in [5.74, 6) is -1.04. The Kier molecular flexibility index (Phi) is 5.69. The van der Waals surface area contributed by atoms with Gasteiger partial charge < -0.3 is 15.4 Å². The maximum absolute atomic E-state index is 11.2. The summed E-state index contributed by atoms with van der Waals surface area (Å²) in [5, 5.41) is 9.21. The number of aromatic nitrogens is 2. The lowest BCUT2D eigenvalue weighted by atomic mass is 9.76. The summed E-state index contributed by atoms with van der Waals surface area (Å²) < 4.78 is 2.06. The normalized spacial score (nSPS) is 12.5. The quantitative estimate of drug-likeness (QED) is 0.451. The predicted octanol–water partition coefficient (Wildman–Crippen LogP) is 3.99. The molecule has 0 unspecified atom stereocenters. The maximum Gasteiger partial charge on any atom is 0.320 e. The Morgan fingerprint density at radius 3 is 1.97 bits per heavy atom. The number of rotatable bonds is 7. The van der Waals surface area contributed by atoms with E-state index in [-0.39, 0.29) is 6.42 Å². The molecule has 5 heteroatoms. The SMILES string of the molecule is Cc1ccc(C(c2ccccc2)(c2ccccc2)n2cnc(C[C@@H](N)C(=O)O)c2)cc1. The van der Waals surface area contributed by atoms with E-state index in [2.05, 4.69) is 65.0 Å². The maximum atomic E-state index is 11.2. The number of imidazole rings is 1. The number of carboxylic acid groups (broad SMARTS) is 1. The summed E-state index contributed by atoms with van der Waals surface area (Å²) in [6.45, 7) is 2.07. The van der Waals surface area contributed by atoms with Crippen molar-refractivity contribution in [2.45, 2.75) is 24.9 Å². The molecule has 0 spiro atoms. The number of hydrogen-bond acceptors (Lipinski definition) is 3. The Bertz CT molecular complexity index is 1110. The smallest absolute Gasteiger partial charge is 0.320 e. The average Bonchev–Trinajstić information content (AvgIpc) is 3.25. The Morgan fingerprint density at radius 2 is 1.45 bits per heavy atom. The van der Waals surface area contributed by atoms with Crippen LogP contribution in [0.2, 0.25) is 0 Å². The molecule has 1 aromatic heterocycles. The minimum atomic E-state index is -1.04. The molecule has 4 aromatic rings. The largest absolute Gasteiger partial charge is 0.480 e. The molecule has 0 aliphatic carbocycles. The van der Waals surface area contributed by atoms with Gasteiger partial charge in [0.2, 0.25) is 0 Å². The molecule has 0 saturated heterocycles. The molecule has 156 valence electrons. The lowest BCUT2D eigenvalue weighted by Gasteiger charge is -2.37. The Balaban J connectivity index is 1.98. The zero-order chi connectivity index (χ0) is 21.8. The number of aryl methyl sites for hydroxylation is 1. The molecule has 4 rings (SSSR count). The van der Waals surface area contributed by atoms with Gasteiger partial charge in [0.1, 0.15) is 11.6 Å². The highest BCUT2D eigenvalue weighted by Gasteiger charge is 2.38. The van der Waals surface area contributed by atoms with Gasteiger partial charge >= 0.3 is 5.97 Å². The topological polar surface area (TPSA) is 81.1 Å². The zero-order valence-corrected chi connectivity index (χ0v) is 17.3. The summed E-state index contributed by atoms with van der Waals surface area (Å²) in [7, 11) is 0. The van der Waals surface area contributed by atoms with Crippen LogP contribution in [0.15, 0.2) is 97.5 Å². The van der Waals surface area contributed by atoms with Gasteiger partial charge in [-0.15, -0.1) is 0 Å². The number of hydrogen-bond donors (Lipinski definition) is 2. The van der Waals surface area contributed by atoms with Crippen molar-refractivity contribution in [3.63, 3.8) is 0 Å². The fraction of sp³-hybridized carbons (Fsp3) is 0.154. The van der Waals surface area contributed by atoms with Crippen LogP contribution in [0.25, 0.3) is 0 Å². The third kappa shape index (κ3) is 3.88. The van der Waals surface area contributed by atoms with Gasteiger partial charge in [-0.25, -0.2) is 4.98 Å². The summed E-state index contributed by atoms with van der Waals surface area (Å²) in [4.78, 5) is 15.8. The van der Waals surface area contributed by atoms with Crippen LogP contribution in [0.4, 0.5) is 0 Å². The minimum Gasteiger partial charge on any atom is -0.480 e. The Morgan fingerprint density at radius 1 is 0.935 bits per heavy atom. The first kappa shape index (κ1) is 20.6. The number of benzene rings is 3. The van der Waals surface area contributed by atoms with Gasteiger partial charge in [-0.05, 0) is 23.6 Å². The van der Waals surface area contributed by atoms with Crippen LogP contribution in [0.1, 0.15) is 27.9 Å². The molecule has 3 N–H and O–H groups in total. The van der Waals surface area contributed by atoms with E-state index >= 15 is 0 Å². The van der Waals surface area contributed by atoms with E-state index in [0.29, 0.717) is 5.69 Å². The molecule has 0 fully saturated rings. The molecule has 0 saturated carbocycles. The molecule has 1 heterocycles. The molecule has 0 bridgehead atoms. The number of aliphatic carboxylic acids is 1. The van der Waals surface area contributed by atoms with Crippen LogP contribution in [0.3, 0.4) is 0 Å². The second-order valence-electron chi connectivity index (χ2n) is 7.73. The van der Waals surface area contributed by atoms with Gasteiger partial charge in [-0.2, -0.15) is 0 Å². The lowest BCUT2D eigenvalue weighted by Crippen LogP contribution is -2.37. The standard InChI is InChI=1S/C26H25N3O2/c1-19-12-14-22(15-13-19)26(20-8-4-2-5-9-20,21-10-6-3-7-11-21)29-17-23(28-18-29)16-24(27)25(30)31/h2-15,17-18,24H,16,27H2,1H3,(H,30,31)/t24-/m1/s1. The van der Waals surface area contributed by atoms with Crippen LogP contribution in [0.5, 0.6) is 0 Å². The van der Waals surface area contributed by atoms with Crippen LogP contribution in [0, 0.1) is 6.92 Å². The van der Waals surface area contributed by atoms with Gasteiger partial charge in [0, 0.05) is 12.6 Å². The van der Waals surface area contributed by atoms with Crippen LogP contribution >= 0.6 is 0 Å². The summed E-state index contributed by atoms with van der Waals surface area (Å²) in [5.41, 5.74) is 10.2. The molecular formula is C26H25N3O2.